The molecular weight excluding hydrogens is 400 g/mol. The summed E-state index contributed by atoms with van der Waals surface area (Å²) in [5.41, 5.74) is 1.79. The van der Waals surface area contributed by atoms with Gasteiger partial charge in [0.1, 0.15) is 11.5 Å². The summed E-state index contributed by atoms with van der Waals surface area (Å²) in [4.78, 5) is 12.3. The van der Waals surface area contributed by atoms with Crippen LogP contribution in [0.25, 0.3) is 17.1 Å². The highest BCUT2D eigenvalue weighted by Gasteiger charge is 2.17. The van der Waals surface area contributed by atoms with Crippen LogP contribution in [0.2, 0.25) is 0 Å². The molecule has 152 valence electrons. The number of hydrogen-bond acceptors (Lipinski definition) is 6. The standard InChI is InChI=1S/C22H20N4O3S/c1-28-18-10-5-7-16(13-18)21-24-25-22(26(21)17-8-3-2-4-9-17)30-15-20(27)23-14-19-11-6-12-29-19/h2-13H,14-15H2,1H3,(H,23,27). The predicted molar refractivity (Wildman–Crippen MR) is 115 cm³/mol. The zero-order valence-corrected chi connectivity index (χ0v) is 17.1. The van der Waals surface area contributed by atoms with Gasteiger partial charge < -0.3 is 14.5 Å². The molecule has 0 saturated heterocycles. The SMILES string of the molecule is COc1cccc(-c2nnc(SCC(=O)NCc3ccco3)n2-c2ccccc2)c1. The first-order valence-corrected chi connectivity index (χ1v) is 10.3. The van der Waals surface area contributed by atoms with Crippen molar-refractivity contribution in [2.45, 2.75) is 11.7 Å². The third-order valence-corrected chi connectivity index (χ3v) is 5.28. The molecule has 0 aliphatic carbocycles. The molecule has 2 heterocycles. The summed E-state index contributed by atoms with van der Waals surface area (Å²) >= 11 is 1.33. The molecule has 8 heteroatoms. The van der Waals surface area contributed by atoms with E-state index in [2.05, 4.69) is 15.5 Å². The quantitative estimate of drug-likeness (QED) is 0.435. The maximum absolute atomic E-state index is 12.3. The number of thioether (sulfide) groups is 1. The van der Waals surface area contributed by atoms with Crippen molar-refractivity contribution in [3.05, 3.63) is 78.8 Å². The summed E-state index contributed by atoms with van der Waals surface area (Å²) in [6.07, 6.45) is 1.58. The lowest BCUT2D eigenvalue weighted by atomic mass is 10.2. The van der Waals surface area contributed by atoms with Crippen molar-refractivity contribution in [3.8, 4) is 22.8 Å². The predicted octanol–water partition coefficient (Wildman–Crippen LogP) is 3.94. The van der Waals surface area contributed by atoms with E-state index in [4.69, 9.17) is 9.15 Å². The lowest BCUT2D eigenvalue weighted by Gasteiger charge is -2.11. The number of ether oxygens (including phenoxy) is 1. The van der Waals surface area contributed by atoms with Crippen molar-refractivity contribution < 1.29 is 13.9 Å². The maximum Gasteiger partial charge on any atom is 0.230 e. The van der Waals surface area contributed by atoms with E-state index in [0.29, 0.717) is 23.3 Å². The fraction of sp³-hybridized carbons (Fsp3) is 0.136. The van der Waals surface area contributed by atoms with Gasteiger partial charge in [0.15, 0.2) is 11.0 Å². The number of nitrogens with zero attached hydrogens (tertiary/aromatic N) is 3. The zero-order chi connectivity index (χ0) is 20.8. The van der Waals surface area contributed by atoms with Crippen molar-refractivity contribution in [1.82, 2.24) is 20.1 Å². The molecule has 0 radical (unpaired) electrons. The molecule has 0 aliphatic heterocycles. The van der Waals surface area contributed by atoms with Gasteiger partial charge in [0.25, 0.3) is 0 Å². The molecule has 0 saturated carbocycles. The molecule has 0 aliphatic rings. The highest BCUT2D eigenvalue weighted by molar-refractivity contribution is 7.99. The lowest BCUT2D eigenvalue weighted by molar-refractivity contribution is -0.118. The largest absolute Gasteiger partial charge is 0.497 e. The molecule has 1 amide bonds. The fourth-order valence-electron chi connectivity index (χ4n) is 2.90. The van der Waals surface area contributed by atoms with Crippen LogP contribution in [-0.4, -0.2) is 33.5 Å². The minimum atomic E-state index is -0.109. The molecular formula is C22H20N4O3S. The first kappa shape index (κ1) is 19.8. The molecule has 0 bridgehead atoms. The normalized spacial score (nSPS) is 10.7. The van der Waals surface area contributed by atoms with E-state index in [-0.39, 0.29) is 11.7 Å². The van der Waals surface area contributed by atoms with Crippen molar-refractivity contribution in [2.75, 3.05) is 12.9 Å². The van der Waals surface area contributed by atoms with E-state index in [0.717, 1.165) is 17.0 Å². The van der Waals surface area contributed by atoms with E-state index in [1.165, 1.54) is 11.8 Å². The monoisotopic (exact) mass is 420 g/mol. The molecule has 1 N–H and O–H groups in total. The van der Waals surface area contributed by atoms with Gasteiger partial charge in [-0.1, -0.05) is 42.1 Å². The van der Waals surface area contributed by atoms with E-state index in [1.54, 1.807) is 19.4 Å². The van der Waals surface area contributed by atoms with Gasteiger partial charge >= 0.3 is 0 Å². The van der Waals surface area contributed by atoms with Crippen LogP contribution in [0, 0.1) is 0 Å². The van der Waals surface area contributed by atoms with Gasteiger partial charge in [-0.3, -0.25) is 9.36 Å². The van der Waals surface area contributed by atoms with Gasteiger partial charge in [-0.25, -0.2) is 0 Å². The van der Waals surface area contributed by atoms with Crippen molar-refractivity contribution in [2.24, 2.45) is 0 Å². The van der Waals surface area contributed by atoms with Gasteiger partial charge in [-0.05, 0) is 36.4 Å². The number of carbonyl (C=O) groups excluding carboxylic acids is 1. The van der Waals surface area contributed by atoms with E-state index < -0.39 is 0 Å². The highest BCUT2D eigenvalue weighted by Crippen LogP contribution is 2.29. The van der Waals surface area contributed by atoms with Crippen molar-refractivity contribution >= 4 is 17.7 Å². The van der Waals surface area contributed by atoms with E-state index in [9.17, 15) is 4.79 Å². The Hall–Kier alpha value is -3.52. The number of carbonyl (C=O) groups is 1. The van der Waals surface area contributed by atoms with Crippen LogP contribution in [0.3, 0.4) is 0 Å². The van der Waals surface area contributed by atoms with Crippen LogP contribution in [0.15, 0.2) is 82.6 Å². The molecule has 0 unspecified atom stereocenters. The third kappa shape index (κ3) is 4.55. The number of amides is 1. The molecule has 2 aromatic carbocycles. The number of methoxy groups -OCH3 is 1. The summed E-state index contributed by atoms with van der Waals surface area (Å²) in [6, 6.07) is 21.1. The first-order chi connectivity index (χ1) is 14.7. The van der Waals surface area contributed by atoms with Gasteiger partial charge in [0, 0.05) is 11.3 Å². The Labute approximate surface area is 178 Å². The number of benzene rings is 2. The second-order valence-electron chi connectivity index (χ2n) is 6.35. The van der Waals surface area contributed by atoms with Crippen LogP contribution in [-0.2, 0) is 11.3 Å². The van der Waals surface area contributed by atoms with Crippen LogP contribution in [0.1, 0.15) is 5.76 Å². The third-order valence-electron chi connectivity index (χ3n) is 4.35. The highest BCUT2D eigenvalue weighted by atomic mass is 32.2. The molecule has 4 aromatic rings. The number of para-hydroxylation sites is 1. The Morgan fingerprint density at radius 1 is 1.10 bits per heavy atom. The number of rotatable bonds is 8. The number of furan rings is 1. The van der Waals surface area contributed by atoms with Gasteiger partial charge in [-0.15, -0.1) is 10.2 Å². The van der Waals surface area contributed by atoms with E-state index >= 15 is 0 Å². The number of nitrogens with one attached hydrogen (secondary N) is 1. The van der Waals surface area contributed by atoms with Crippen LogP contribution >= 0.6 is 11.8 Å². The average molecular weight is 420 g/mol. The Morgan fingerprint density at radius 3 is 2.73 bits per heavy atom. The Bertz CT molecular complexity index is 1110. The maximum atomic E-state index is 12.3. The number of aromatic nitrogens is 3. The molecule has 0 fully saturated rings. The second kappa shape index (κ2) is 9.32. The second-order valence-corrected chi connectivity index (χ2v) is 7.30. The molecule has 30 heavy (non-hydrogen) atoms. The molecule has 0 atom stereocenters. The number of hydrogen-bond donors (Lipinski definition) is 1. The minimum Gasteiger partial charge on any atom is -0.497 e. The Kier molecular flexibility index (Phi) is 6.14. The van der Waals surface area contributed by atoms with Crippen LogP contribution in [0.5, 0.6) is 5.75 Å². The fourth-order valence-corrected chi connectivity index (χ4v) is 3.68. The summed E-state index contributed by atoms with van der Waals surface area (Å²) in [5.74, 6) is 2.23. The van der Waals surface area contributed by atoms with E-state index in [1.807, 2.05) is 65.2 Å². The van der Waals surface area contributed by atoms with Gasteiger partial charge in [-0.2, -0.15) is 0 Å². The summed E-state index contributed by atoms with van der Waals surface area (Å²) < 4.78 is 12.5. The van der Waals surface area contributed by atoms with Crippen molar-refractivity contribution in [3.63, 3.8) is 0 Å². The smallest absolute Gasteiger partial charge is 0.230 e. The average Bonchev–Trinajstić information content (AvgIpc) is 3.47. The lowest BCUT2D eigenvalue weighted by Crippen LogP contribution is -2.24. The van der Waals surface area contributed by atoms with Crippen LogP contribution in [0.4, 0.5) is 0 Å². The first-order valence-electron chi connectivity index (χ1n) is 9.32. The molecule has 4 rings (SSSR count). The minimum absolute atomic E-state index is 0.109. The topological polar surface area (TPSA) is 82.2 Å². The van der Waals surface area contributed by atoms with Crippen molar-refractivity contribution in [1.29, 1.82) is 0 Å². The van der Waals surface area contributed by atoms with Gasteiger partial charge in [0.05, 0.1) is 25.7 Å². The Balaban J connectivity index is 1.57. The molecule has 0 spiro atoms. The summed E-state index contributed by atoms with van der Waals surface area (Å²) in [6.45, 7) is 0.354. The van der Waals surface area contributed by atoms with Gasteiger partial charge in [0.2, 0.25) is 5.91 Å². The zero-order valence-electron chi connectivity index (χ0n) is 16.3. The molecule has 7 nitrogen and oxygen atoms in total. The van der Waals surface area contributed by atoms with Crippen LogP contribution < -0.4 is 10.1 Å². The summed E-state index contributed by atoms with van der Waals surface area (Å²) in [5, 5.41) is 12.2. The summed E-state index contributed by atoms with van der Waals surface area (Å²) in [7, 11) is 1.63. The molecule has 2 aromatic heterocycles. The Morgan fingerprint density at radius 2 is 1.97 bits per heavy atom.